The predicted molar refractivity (Wildman–Crippen MR) is 118 cm³/mol. The van der Waals surface area contributed by atoms with E-state index in [0.29, 0.717) is 17.1 Å². The Bertz CT molecular complexity index is 1060. The maximum absolute atomic E-state index is 12.7. The van der Waals surface area contributed by atoms with Crippen LogP contribution in [0.4, 0.5) is 30.6 Å². The zero-order chi connectivity index (χ0) is 23.3. The van der Waals surface area contributed by atoms with Crippen LogP contribution in [-0.2, 0) is 0 Å². The van der Waals surface area contributed by atoms with Gasteiger partial charge >= 0.3 is 6.36 Å². The van der Waals surface area contributed by atoms with Gasteiger partial charge in [-0.25, -0.2) is 4.98 Å². The normalized spacial score (nSPS) is 12.5. The number of aromatic nitrogens is 2. The molecule has 2 aromatic carbocycles. The molecule has 0 saturated heterocycles. The number of nitrogens with one attached hydrogen (secondary N) is 2. The molecule has 0 amide bonds. The molecule has 3 rings (SSSR count). The van der Waals surface area contributed by atoms with Crippen LogP contribution >= 0.6 is 0 Å². The Kier molecular flexibility index (Phi) is 7.19. The summed E-state index contributed by atoms with van der Waals surface area (Å²) in [7, 11) is 0. The van der Waals surface area contributed by atoms with E-state index in [9.17, 15) is 18.3 Å². The van der Waals surface area contributed by atoms with Crippen LogP contribution in [0.2, 0.25) is 0 Å². The van der Waals surface area contributed by atoms with Crippen LogP contribution in [0.15, 0.2) is 54.6 Å². The number of aliphatic hydroxyl groups excluding tert-OH is 1. The summed E-state index contributed by atoms with van der Waals surface area (Å²) in [4.78, 5) is 8.96. The molecule has 1 aromatic heterocycles. The Morgan fingerprint density at radius 3 is 2.44 bits per heavy atom. The molecule has 0 spiro atoms. The number of aliphatic hydroxyl groups is 1. The number of aryl methyl sites for hydroxylation is 1. The fourth-order valence-electron chi connectivity index (χ4n) is 3.02. The average Bonchev–Trinajstić information content (AvgIpc) is 2.72. The number of ether oxygens (including phenoxy) is 1. The van der Waals surface area contributed by atoms with E-state index < -0.39 is 6.36 Å². The Morgan fingerprint density at radius 2 is 1.78 bits per heavy atom. The Morgan fingerprint density at radius 1 is 1.03 bits per heavy atom. The molecule has 0 aliphatic rings. The lowest BCUT2D eigenvalue weighted by atomic mass is 10.1. The first kappa shape index (κ1) is 23.3. The van der Waals surface area contributed by atoms with Crippen LogP contribution in [0, 0.1) is 12.8 Å². The summed E-state index contributed by atoms with van der Waals surface area (Å²) in [6, 6.07) is 14.6. The highest BCUT2D eigenvalue weighted by Crippen LogP contribution is 2.30. The van der Waals surface area contributed by atoms with Crippen LogP contribution in [0.1, 0.15) is 19.4 Å². The standard InChI is InChI=1S/C23H25F3N4O2/c1-14(2)20(13-31)29-22-28-19(16-8-6-9-17(11-16)32-23(24,25)26)12-21(30-22)27-18-10-5-4-7-15(18)3/h4-12,14,20,31H,13H2,1-3H3,(H2,27,28,29,30)/t20-/m0/s1. The monoisotopic (exact) mass is 446 g/mol. The number of benzene rings is 2. The van der Waals surface area contributed by atoms with E-state index in [1.807, 2.05) is 45.0 Å². The van der Waals surface area contributed by atoms with Gasteiger partial charge in [0.1, 0.15) is 11.6 Å². The molecule has 9 heteroatoms. The average molecular weight is 446 g/mol. The number of rotatable bonds is 8. The van der Waals surface area contributed by atoms with Crippen molar-refractivity contribution in [1.29, 1.82) is 0 Å². The van der Waals surface area contributed by atoms with Gasteiger partial charge in [0.15, 0.2) is 0 Å². The summed E-state index contributed by atoms with van der Waals surface area (Å²) < 4.78 is 42.0. The van der Waals surface area contributed by atoms with Gasteiger partial charge in [-0.3, -0.25) is 0 Å². The number of alkyl halides is 3. The topological polar surface area (TPSA) is 79.3 Å². The molecule has 6 nitrogen and oxygen atoms in total. The van der Waals surface area contributed by atoms with Crippen LogP contribution in [-0.4, -0.2) is 34.1 Å². The summed E-state index contributed by atoms with van der Waals surface area (Å²) >= 11 is 0. The minimum absolute atomic E-state index is 0.101. The molecule has 1 atom stereocenters. The minimum atomic E-state index is -4.79. The first-order valence-electron chi connectivity index (χ1n) is 10.1. The quantitative estimate of drug-likeness (QED) is 0.423. The molecule has 32 heavy (non-hydrogen) atoms. The van der Waals surface area contributed by atoms with Crippen LogP contribution < -0.4 is 15.4 Å². The highest BCUT2D eigenvalue weighted by molar-refractivity contribution is 5.69. The summed E-state index contributed by atoms with van der Waals surface area (Å²) in [6.45, 7) is 5.72. The number of hydrogen-bond donors (Lipinski definition) is 3. The molecule has 1 heterocycles. The highest BCUT2D eigenvalue weighted by Gasteiger charge is 2.31. The number of halogens is 3. The van der Waals surface area contributed by atoms with Crippen molar-refractivity contribution in [3.8, 4) is 17.0 Å². The molecular weight excluding hydrogens is 421 g/mol. The number of nitrogens with zero attached hydrogens (tertiary/aromatic N) is 2. The van der Waals surface area contributed by atoms with Crippen LogP contribution in [0.3, 0.4) is 0 Å². The van der Waals surface area contributed by atoms with E-state index in [0.717, 1.165) is 11.3 Å². The summed E-state index contributed by atoms with van der Waals surface area (Å²) in [6.07, 6.45) is -4.79. The minimum Gasteiger partial charge on any atom is -0.406 e. The van der Waals surface area contributed by atoms with E-state index in [4.69, 9.17) is 0 Å². The highest BCUT2D eigenvalue weighted by atomic mass is 19.4. The van der Waals surface area contributed by atoms with Gasteiger partial charge in [0.2, 0.25) is 5.95 Å². The van der Waals surface area contributed by atoms with Crippen molar-refractivity contribution >= 4 is 17.5 Å². The largest absolute Gasteiger partial charge is 0.573 e. The van der Waals surface area contributed by atoms with Gasteiger partial charge in [-0.1, -0.05) is 44.2 Å². The molecule has 0 aliphatic carbocycles. The predicted octanol–water partition coefficient (Wildman–Crippen LogP) is 5.52. The Hall–Kier alpha value is -3.33. The fourth-order valence-corrected chi connectivity index (χ4v) is 3.02. The van der Waals surface area contributed by atoms with E-state index >= 15 is 0 Å². The third-order valence-electron chi connectivity index (χ3n) is 4.81. The van der Waals surface area contributed by atoms with Crippen molar-refractivity contribution in [2.45, 2.75) is 33.2 Å². The van der Waals surface area contributed by atoms with Gasteiger partial charge < -0.3 is 20.5 Å². The lowest BCUT2D eigenvalue weighted by Gasteiger charge is -2.21. The van der Waals surface area contributed by atoms with Gasteiger partial charge in [-0.05, 0) is 36.6 Å². The van der Waals surface area contributed by atoms with Crippen molar-refractivity contribution in [1.82, 2.24) is 9.97 Å². The zero-order valence-electron chi connectivity index (χ0n) is 17.9. The van der Waals surface area contributed by atoms with Gasteiger partial charge in [0, 0.05) is 17.3 Å². The van der Waals surface area contributed by atoms with E-state index in [2.05, 4.69) is 25.3 Å². The maximum atomic E-state index is 12.7. The summed E-state index contributed by atoms with van der Waals surface area (Å²) in [5.41, 5.74) is 2.65. The number of anilines is 3. The van der Waals surface area contributed by atoms with Crippen molar-refractivity contribution < 1.29 is 23.0 Å². The Labute approximate surface area is 184 Å². The second-order valence-electron chi connectivity index (χ2n) is 7.66. The van der Waals surface area contributed by atoms with Crippen LogP contribution in [0.5, 0.6) is 5.75 Å². The second kappa shape index (κ2) is 9.86. The first-order chi connectivity index (χ1) is 15.1. The molecule has 0 aliphatic heterocycles. The van der Waals surface area contributed by atoms with E-state index in [1.54, 1.807) is 12.1 Å². The molecule has 0 bridgehead atoms. The molecule has 0 unspecified atom stereocenters. The van der Waals surface area contributed by atoms with Gasteiger partial charge in [0.25, 0.3) is 0 Å². The third-order valence-corrected chi connectivity index (χ3v) is 4.81. The first-order valence-corrected chi connectivity index (χ1v) is 10.1. The van der Waals surface area contributed by atoms with Gasteiger partial charge in [-0.2, -0.15) is 4.98 Å². The lowest BCUT2D eigenvalue weighted by Crippen LogP contribution is -2.30. The second-order valence-corrected chi connectivity index (χ2v) is 7.66. The zero-order valence-corrected chi connectivity index (χ0v) is 17.9. The molecule has 3 N–H and O–H groups in total. The van der Waals surface area contributed by atoms with Crippen LogP contribution in [0.25, 0.3) is 11.3 Å². The van der Waals surface area contributed by atoms with Crippen molar-refractivity contribution in [2.75, 3.05) is 17.2 Å². The Balaban J connectivity index is 2.02. The summed E-state index contributed by atoms with van der Waals surface area (Å²) in [5, 5.41) is 16.0. The molecular formula is C23H25F3N4O2. The molecule has 0 saturated carbocycles. The molecule has 170 valence electrons. The third kappa shape index (κ3) is 6.34. The number of para-hydroxylation sites is 1. The van der Waals surface area contributed by atoms with Crippen molar-refractivity contribution in [3.05, 3.63) is 60.2 Å². The van der Waals surface area contributed by atoms with E-state index in [-0.39, 0.29) is 30.3 Å². The van der Waals surface area contributed by atoms with E-state index in [1.165, 1.54) is 18.2 Å². The maximum Gasteiger partial charge on any atom is 0.573 e. The summed E-state index contributed by atoms with van der Waals surface area (Å²) in [5.74, 6) is 0.457. The van der Waals surface area contributed by atoms with Gasteiger partial charge in [0.05, 0.1) is 18.3 Å². The number of hydrogen-bond acceptors (Lipinski definition) is 6. The van der Waals surface area contributed by atoms with Crippen molar-refractivity contribution in [2.24, 2.45) is 5.92 Å². The lowest BCUT2D eigenvalue weighted by molar-refractivity contribution is -0.274. The smallest absolute Gasteiger partial charge is 0.406 e. The molecule has 0 radical (unpaired) electrons. The molecule has 0 fully saturated rings. The molecule has 3 aromatic rings. The SMILES string of the molecule is Cc1ccccc1Nc1cc(-c2cccc(OC(F)(F)F)c2)nc(N[C@@H](CO)C(C)C)n1. The van der Waals surface area contributed by atoms with Gasteiger partial charge in [-0.15, -0.1) is 13.2 Å². The van der Waals surface area contributed by atoms with Crippen molar-refractivity contribution in [3.63, 3.8) is 0 Å². The fraction of sp³-hybridized carbons (Fsp3) is 0.304.